The Balaban J connectivity index is 1.86. The smallest absolute Gasteiger partial charge is 0.0973 e. The van der Waals surface area contributed by atoms with Gasteiger partial charge in [0.05, 0.1) is 10.5 Å². The molecule has 0 N–H and O–H groups in total. The lowest BCUT2D eigenvalue weighted by molar-refractivity contribution is 1.16. The summed E-state index contributed by atoms with van der Waals surface area (Å²) < 4.78 is 0. The number of halogens is 1. The molecule has 0 fully saturated rings. The fourth-order valence-electron chi connectivity index (χ4n) is 2.16. The summed E-state index contributed by atoms with van der Waals surface area (Å²) in [5.74, 6) is 0.838. The van der Waals surface area contributed by atoms with Gasteiger partial charge in [-0.2, -0.15) is 0 Å². The molecular formula is C17H14ClNS. The maximum Gasteiger partial charge on any atom is 0.0973 e. The van der Waals surface area contributed by atoms with E-state index in [0.29, 0.717) is 0 Å². The zero-order chi connectivity index (χ0) is 13.9. The Morgan fingerprint density at radius 2 is 1.80 bits per heavy atom. The molecule has 0 saturated carbocycles. The number of aromatic nitrogens is 1. The highest BCUT2D eigenvalue weighted by atomic mass is 35.5. The number of benzene rings is 2. The van der Waals surface area contributed by atoms with Crippen LogP contribution in [-0.4, -0.2) is 4.98 Å². The van der Waals surface area contributed by atoms with Crippen molar-refractivity contribution in [1.29, 1.82) is 0 Å². The number of para-hydroxylation sites is 1. The molecule has 0 amide bonds. The summed E-state index contributed by atoms with van der Waals surface area (Å²) in [7, 11) is 0. The molecule has 0 radical (unpaired) electrons. The van der Waals surface area contributed by atoms with Crippen molar-refractivity contribution in [3.8, 4) is 0 Å². The summed E-state index contributed by atoms with van der Waals surface area (Å²) in [5, 5.41) is 3.08. The van der Waals surface area contributed by atoms with E-state index in [9.17, 15) is 0 Å². The second-order valence-electron chi connectivity index (χ2n) is 4.67. The first-order chi connectivity index (χ1) is 9.74. The quantitative estimate of drug-likeness (QED) is 0.593. The zero-order valence-electron chi connectivity index (χ0n) is 11.1. The lowest BCUT2D eigenvalue weighted by Crippen LogP contribution is -1.88. The molecule has 0 aliphatic rings. The van der Waals surface area contributed by atoms with E-state index >= 15 is 0 Å². The average Bonchev–Trinajstić information content (AvgIpc) is 2.46. The molecule has 2 aromatic carbocycles. The molecule has 0 saturated heterocycles. The maximum absolute atomic E-state index is 6.18. The van der Waals surface area contributed by atoms with Gasteiger partial charge in [-0.05, 0) is 36.2 Å². The van der Waals surface area contributed by atoms with Crippen molar-refractivity contribution in [1.82, 2.24) is 4.98 Å². The van der Waals surface area contributed by atoms with Crippen molar-refractivity contribution in [3.05, 3.63) is 70.7 Å². The van der Waals surface area contributed by atoms with Gasteiger partial charge in [-0.1, -0.05) is 48.0 Å². The number of fused-ring (bicyclic) bond motifs is 1. The summed E-state index contributed by atoms with van der Waals surface area (Å²) in [6.07, 6.45) is 0. The van der Waals surface area contributed by atoms with Crippen LogP contribution in [0.4, 0.5) is 0 Å². The van der Waals surface area contributed by atoms with Crippen LogP contribution in [0.5, 0.6) is 0 Å². The first-order valence-corrected chi connectivity index (χ1v) is 7.83. The molecule has 1 nitrogen and oxygen atoms in total. The van der Waals surface area contributed by atoms with Crippen molar-refractivity contribution >= 4 is 34.3 Å². The standard InChI is InChI=1S/C17H14ClNS/c1-12-10-17(19-16-9-5-3-7-14(12)16)20-11-13-6-2-4-8-15(13)18/h2-10H,11H2,1H3. The normalized spacial score (nSPS) is 10.9. The van der Waals surface area contributed by atoms with Crippen LogP contribution < -0.4 is 0 Å². The third-order valence-corrected chi connectivity index (χ3v) is 4.56. The van der Waals surface area contributed by atoms with Gasteiger partial charge in [0.2, 0.25) is 0 Å². The molecular weight excluding hydrogens is 286 g/mol. The second kappa shape index (κ2) is 5.86. The summed E-state index contributed by atoms with van der Waals surface area (Å²) in [6, 6.07) is 18.3. The molecule has 100 valence electrons. The van der Waals surface area contributed by atoms with Gasteiger partial charge < -0.3 is 0 Å². The van der Waals surface area contributed by atoms with Gasteiger partial charge >= 0.3 is 0 Å². The summed E-state index contributed by atoms with van der Waals surface area (Å²) >= 11 is 7.90. The Labute approximate surface area is 128 Å². The van der Waals surface area contributed by atoms with Crippen LogP contribution in [0.25, 0.3) is 10.9 Å². The summed E-state index contributed by atoms with van der Waals surface area (Å²) in [4.78, 5) is 4.70. The predicted molar refractivity (Wildman–Crippen MR) is 87.5 cm³/mol. The first kappa shape index (κ1) is 13.5. The van der Waals surface area contributed by atoms with Gasteiger partial charge in [-0.15, -0.1) is 11.8 Å². The number of thioether (sulfide) groups is 1. The van der Waals surface area contributed by atoms with E-state index in [-0.39, 0.29) is 0 Å². The molecule has 20 heavy (non-hydrogen) atoms. The van der Waals surface area contributed by atoms with E-state index in [1.807, 2.05) is 30.3 Å². The number of nitrogens with zero attached hydrogens (tertiary/aromatic N) is 1. The Morgan fingerprint density at radius 3 is 2.65 bits per heavy atom. The van der Waals surface area contributed by atoms with Gasteiger partial charge in [0.15, 0.2) is 0 Å². The second-order valence-corrected chi connectivity index (χ2v) is 6.08. The number of pyridine rings is 1. The van der Waals surface area contributed by atoms with Gasteiger partial charge in [-0.3, -0.25) is 0 Å². The highest BCUT2D eigenvalue weighted by molar-refractivity contribution is 7.98. The topological polar surface area (TPSA) is 12.9 Å². The Morgan fingerprint density at radius 1 is 1.05 bits per heavy atom. The van der Waals surface area contributed by atoms with Gasteiger partial charge in [0.25, 0.3) is 0 Å². The summed E-state index contributed by atoms with van der Waals surface area (Å²) in [6.45, 7) is 2.13. The fraction of sp³-hybridized carbons (Fsp3) is 0.118. The monoisotopic (exact) mass is 299 g/mol. The summed E-state index contributed by atoms with van der Waals surface area (Å²) in [5.41, 5.74) is 3.46. The van der Waals surface area contributed by atoms with E-state index in [1.54, 1.807) is 11.8 Å². The van der Waals surface area contributed by atoms with Crippen molar-refractivity contribution in [3.63, 3.8) is 0 Å². The maximum atomic E-state index is 6.18. The third kappa shape index (κ3) is 2.82. The van der Waals surface area contributed by atoms with Crippen LogP contribution in [0.15, 0.2) is 59.6 Å². The molecule has 0 bridgehead atoms. The first-order valence-electron chi connectivity index (χ1n) is 6.46. The molecule has 0 unspecified atom stereocenters. The van der Waals surface area contributed by atoms with Crippen LogP contribution in [0.2, 0.25) is 5.02 Å². The third-order valence-electron chi connectivity index (χ3n) is 3.23. The Hall–Kier alpha value is -1.51. The number of rotatable bonds is 3. The van der Waals surface area contributed by atoms with Gasteiger partial charge in [-0.25, -0.2) is 4.98 Å². The minimum atomic E-state index is 0.817. The van der Waals surface area contributed by atoms with Crippen molar-refractivity contribution < 1.29 is 0 Å². The SMILES string of the molecule is Cc1cc(SCc2ccccc2Cl)nc2ccccc12. The van der Waals surface area contributed by atoms with Crippen LogP contribution >= 0.6 is 23.4 Å². The minimum absolute atomic E-state index is 0.817. The Bertz CT molecular complexity index is 755. The van der Waals surface area contributed by atoms with Crippen LogP contribution in [0, 0.1) is 6.92 Å². The van der Waals surface area contributed by atoms with Crippen LogP contribution in [-0.2, 0) is 5.75 Å². The van der Waals surface area contributed by atoms with Crippen molar-refractivity contribution in [2.75, 3.05) is 0 Å². The van der Waals surface area contributed by atoms with Gasteiger partial charge in [0, 0.05) is 16.2 Å². The lowest BCUT2D eigenvalue weighted by atomic mass is 10.1. The Kier molecular flexibility index (Phi) is 3.95. The van der Waals surface area contributed by atoms with E-state index in [2.05, 4.69) is 31.2 Å². The van der Waals surface area contributed by atoms with E-state index < -0.39 is 0 Å². The molecule has 0 aliphatic carbocycles. The van der Waals surface area contributed by atoms with Crippen LogP contribution in [0.3, 0.4) is 0 Å². The molecule has 3 rings (SSSR count). The van der Waals surface area contributed by atoms with E-state index in [1.165, 1.54) is 10.9 Å². The molecule has 3 aromatic rings. The predicted octanol–water partition coefficient (Wildman–Crippen LogP) is 5.49. The zero-order valence-corrected chi connectivity index (χ0v) is 12.7. The molecule has 0 atom stereocenters. The highest BCUT2D eigenvalue weighted by Crippen LogP contribution is 2.28. The van der Waals surface area contributed by atoms with Gasteiger partial charge in [0.1, 0.15) is 0 Å². The molecule has 3 heteroatoms. The lowest BCUT2D eigenvalue weighted by Gasteiger charge is -2.07. The van der Waals surface area contributed by atoms with E-state index in [4.69, 9.17) is 16.6 Å². The van der Waals surface area contributed by atoms with Crippen molar-refractivity contribution in [2.24, 2.45) is 0 Å². The van der Waals surface area contributed by atoms with Crippen molar-refractivity contribution in [2.45, 2.75) is 17.7 Å². The number of hydrogen-bond donors (Lipinski definition) is 0. The van der Waals surface area contributed by atoms with E-state index in [0.717, 1.165) is 26.9 Å². The molecule has 0 spiro atoms. The number of hydrogen-bond acceptors (Lipinski definition) is 2. The number of aryl methyl sites for hydroxylation is 1. The highest BCUT2D eigenvalue weighted by Gasteiger charge is 2.05. The minimum Gasteiger partial charge on any atom is -0.241 e. The average molecular weight is 300 g/mol. The largest absolute Gasteiger partial charge is 0.241 e. The molecule has 1 aromatic heterocycles. The van der Waals surface area contributed by atoms with Crippen LogP contribution in [0.1, 0.15) is 11.1 Å². The molecule has 0 aliphatic heterocycles. The fourth-order valence-corrected chi connectivity index (χ4v) is 3.42. The molecule has 1 heterocycles.